The van der Waals surface area contributed by atoms with E-state index in [1.165, 1.54) is 37.4 Å². The largest absolute Gasteiger partial charge is 2.00 e. The van der Waals surface area contributed by atoms with Crippen LogP contribution in [0.4, 0.5) is 24.7 Å². The van der Waals surface area contributed by atoms with Gasteiger partial charge in [0.2, 0.25) is 0 Å². The van der Waals surface area contributed by atoms with Crippen molar-refractivity contribution in [3.05, 3.63) is 53.2 Å². The van der Waals surface area contributed by atoms with Gasteiger partial charge in [0.15, 0.2) is 0 Å². The molecule has 0 atom stereocenters. The zero-order valence-electron chi connectivity index (χ0n) is 13.6. The van der Waals surface area contributed by atoms with E-state index in [0.29, 0.717) is 0 Å². The molecule has 0 aliphatic rings. The first-order valence-corrected chi connectivity index (χ1v) is 5.93. The number of hydrogen-bond donors (Lipinski definition) is 2. The van der Waals surface area contributed by atoms with Gasteiger partial charge in [-0.05, 0) is 36.8 Å². The number of carboxylic acids is 1. The minimum atomic E-state index is -4.47. The van der Waals surface area contributed by atoms with Crippen molar-refractivity contribution in [3.8, 4) is 0 Å². The molecule has 2 rings (SSSR count). The van der Waals surface area contributed by atoms with E-state index < -0.39 is 17.7 Å². The Hall–Kier alpha value is -1.80. The first-order chi connectivity index (χ1) is 9.80. The molecule has 0 amide bonds. The third-order valence-electron chi connectivity index (χ3n) is 2.93. The molecule has 1 heterocycles. The van der Waals surface area contributed by atoms with Gasteiger partial charge >= 0.3 is 35.2 Å². The molecule has 0 unspecified atom stereocenters. The van der Waals surface area contributed by atoms with Crippen LogP contribution in [0.5, 0.6) is 0 Å². The van der Waals surface area contributed by atoms with Gasteiger partial charge in [-0.25, -0.2) is 9.78 Å². The smallest absolute Gasteiger partial charge is 1.00 e. The molecule has 1 aromatic heterocycles. The standard InChI is InChI=1S/C14H11F3N2O2.Mg.2H/c1-8-10(14(15,16)17)5-2-6-11(8)19-12-9(13(20)21)4-3-7-18-12;;;/h2-7H,1H3,(H,18,19)(H,20,21);;;/q;+2;2*-1. The maximum atomic E-state index is 12.8. The zero-order chi connectivity index (χ0) is 15.6. The van der Waals surface area contributed by atoms with Crippen LogP contribution >= 0.6 is 0 Å². The minimum Gasteiger partial charge on any atom is -1.00 e. The van der Waals surface area contributed by atoms with Crippen LogP contribution in [0.1, 0.15) is 24.3 Å². The second-order valence-electron chi connectivity index (χ2n) is 4.31. The van der Waals surface area contributed by atoms with Gasteiger partial charge in [0.1, 0.15) is 11.4 Å². The summed E-state index contributed by atoms with van der Waals surface area (Å²) in [5.41, 5.74) is -0.757. The summed E-state index contributed by atoms with van der Waals surface area (Å²) in [6, 6.07) is 6.41. The van der Waals surface area contributed by atoms with Gasteiger partial charge in [-0.15, -0.1) is 0 Å². The average Bonchev–Trinajstić information content (AvgIpc) is 2.40. The number of nitrogens with zero attached hydrogens (tertiary/aromatic N) is 1. The Balaban J connectivity index is 0. The van der Waals surface area contributed by atoms with Crippen molar-refractivity contribution in [3.63, 3.8) is 0 Å². The van der Waals surface area contributed by atoms with E-state index >= 15 is 0 Å². The van der Waals surface area contributed by atoms with Crippen LogP contribution < -0.4 is 5.32 Å². The molecule has 2 aromatic rings. The molecule has 0 aliphatic carbocycles. The number of hydrogen-bond acceptors (Lipinski definition) is 3. The molecule has 1 aromatic carbocycles. The summed E-state index contributed by atoms with van der Waals surface area (Å²) in [6.07, 6.45) is -3.11. The van der Waals surface area contributed by atoms with Gasteiger partial charge in [-0.1, -0.05) is 6.07 Å². The molecule has 2 N–H and O–H groups in total. The van der Waals surface area contributed by atoms with Crippen molar-refractivity contribution in [2.75, 3.05) is 5.32 Å². The summed E-state index contributed by atoms with van der Waals surface area (Å²) >= 11 is 0. The number of anilines is 2. The Bertz CT molecular complexity index is 700. The molecule has 4 nitrogen and oxygen atoms in total. The molecule has 0 saturated heterocycles. The van der Waals surface area contributed by atoms with E-state index in [9.17, 15) is 18.0 Å². The number of pyridine rings is 1. The van der Waals surface area contributed by atoms with Crippen molar-refractivity contribution < 1.29 is 25.9 Å². The topological polar surface area (TPSA) is 62.2 Å². The number of aromatic carboxylic acids is 1. The molecule has 0 fully saturated rings. The number of rotatable bonds is 3. The number of alkyl halides is 3. The number of carboxylic acid groups (broad SMARTS) is 1. The van der Waals surface area contributed by atoms with Crippen molar-refractivity contribution in [1.29, 1.82) is 0 Å². The second-order valence-corrected chi connectivity index (χ2v) is 4.31. The van der Waals surface area contributed by atoms with Crippen molar-refractivity contribution in [1.82, 2.24) is 4.98 Å². The first-order valence-electron chi connectivity index (χ1n) is 5.93. The minimum absolute atomic E-state index is 0. The van der Waals surface area contributed by atoms with Gasteiger partial charge in [-0.3, -0.25) is 0 Å². The fourth-order valence-electron chi connectivity index (χ4n) is 1.88. The molecule has 0 radical (unpaired) electrons. The maximum Gasteiger partial charge on any atom is 2.00 e. The molecular formula is C14H13F3MgN2O2. The predicted octanol–water partition coefficient (Wildman–Crippen LogP) is 3.69. The number of benzene rings is 1. The zero-order valence-corrected chi connectivity index (χ0v) is 13.0. The number of carbonyl (C=O) groups is 1. The third kappa shape index (κ3) is 3.89. The molecule has 0 saturated carbocycles. The normalized spacial score (nSPS) is 10.7. The fourth-order valence-corrected chi connectivity index (χ4v) is 1.88. The molecule has 22 heavy (non-hydrogen) atoms. The monoisotopic (exact) mass is 322 g/mol. The summed E-state index contributed by atoms with van der Waals surface area (Å²) in [6.45, 7) is 1.31. The third-order valence-corrected chi connectivity index (χ3v) is 2.93. The Morgan fingerprint density at radius 2 is 1.95 bits per heavy atom. The van der Waals surface area contributed by atoms with Crippen LogP contribution in [-0.4, -0.2) is 39.1 Å². The van der Waals surface area contributed by atoms with Crippen molar-refractivity contribution >= 4 is 40.5 Å². The molecular weight excluding hydrogens is 309 g/mol. The van der Waals surface area contributed by atoms with Gasteiger partial charge in [0.05, 0.1) is 5.56 Å². The van der Waals surface area contributed by atoms with Gasteiger partial charge in [0, 0.05) is 11.9 Å². The number of nitrogens with one attached hydrogen (secondary N) is 1. The molecule has 0 spiro atoms. The van der Waals surface area contributed by atoms with Crippen LogP contribution in [0.3, 0.4) is 0 Å². The van der Waals surface area contributed by atoms with Crippen LogP contribution in [0.15, 0.2) is 36.5 Å². The van der Waals surface area contributed by atoms with E-state index in [2.05, 4.69) is 10.3 Å². The molecule has 114 valence electrons. The molecule has 0 aliphatic heterocycles. The summed E-state index contributed by atoms with van der Waals surface area (Å²) in [5, 5.41) is 11.7. The van der Waals surface area contributed by atoms with Crippen LogP contribution in [-0.2, 0) is 6.18 Å². The van der Waals surface area contributed by atoms with E-state index in [1.54, 1.807) is 0 Å². The predicted molar refractivity (Wildman–Crippen MR) is 78.6 cm³/mol. The van der Waals surface area contributed by atoms with Crippen LogP contribution in [0.2, 0.25) is 0 Å². The van der Waals surface area contributed by atoms with E-state index in [1.807, 2.05) is 0 Å². The SMILES string of the molecule is Cc1c(Nc2ncccc2C(=O)O)cccc1C(F)(F)F.[H-].[H-].[Mg+2]. The number of halogens is 3. The van der Waals surface area contributed by atoms with Crippen molar-refractivity contribution in [2.24, 2.45) is 0 Å². The average molecular weight is 323 g/mol. The molecule has 0 bridgehead atoms. The van der Waals surface area contributed by atoms with Gasteiger partial charge < -0.3 is 13.3 Å². The van der Waals surface area contributed by atoms with Gasteiger partial charge in [-0.2, -0.15) is 13.2 Å². The first kappa shape index (κ1) is 18.2. The van der Waals surface area contributed by atoms with Crippen molar-refractivity contribution in [2.45, 2.75) is 13.1 Å². The summed E-state index contributed by atoms with van der Waals surface area (Å²) < 4.78 is 38.5. The Labute approximate surface area is 143 Å². The van der Waals surface area contributed by atoms with E-state index in [-0.39, 0.29) is 48.5 Å². The fraction of sp³-hybridized carbons (Fsp3) is 0.143. The van der Waals surface area contributed by atoms with E-state index in [4.69, 9.17) is 5.11 Å². The second kappa shape index (κ2) is 6.97. The maximum absolute atomic E-state index is 12.8. The van der Waals surface area contributed by atoms with Crippen LogP contribution in [0, 0.1) is 6.92 Å². The Kier molecular flexibility index (Phi) is 5.78. The van der Waals surface area contributed by atoms with Gasteiger partial charge in [0.25, 0.3) is 0 Å². The summed E-state index contributed by atoms with van der Waals surface area (Å²) in [5.74, 6) is -1.22. The Morgan fingerprint density at radius 1 is 1.27 bits per heavy atom. The summed E-state index contributed by atoms with van der Waals surface area (Å²) in [7, 11) is 0. The van der Waals surface area contributed by atoms with E-state index in [0.717, 1.165) is 6.07 Å². The number of aromatic nitrogens is 1. The molecule has 8 heteroatoms. The Morgan fingerprint density at radius 3 is 2.55 bits per heavy atom. The summed E-state index contributed by atoms with van der Waals surface area (Å²) in [4.78, 5) is 14.9. The van der Waals surface area contributed by atoms with Crippen LogP contribution in [0.25, 0.3) is 0 Å². The quantitative estimate of drug-likeness (QED) is 0.846.